The summed E-state index contributed by atoms with van der Waals surface area (Å²) in [4.78, 5) is 11.8. The van der Waals surface area contributed by atoms with Crippen LogP contribution < -0.4 is 0 Å². The highest BCUT2D eigenvalue weighted by Gasteiger charge is 2.34. The first kappa shape index (κ1) is 12.3. The van der Waals surface area contributed by atoms with E-state index >= 15 is 0 Å². The first-order chi connectivity index (χ1) is 7.06. The molecular weight excluding hydrogens is 188 g/mol. The molecule has 0 saturated heterocycles. The van der Waals surface area contributed by atoms with Crippen molar-refractivity contribution in [2.75, 3.05) is 6.61 Å². The maximum absolute atomic E-state index is 11.8. The van der Waals surface area contributed by atoms with Gasteiger partial charge in [-0.05, 0) is 38.5 Å². The predicted molar refractivity (Wildman–Crippen MR) is 61.4 cm³/mol. The molecule has 0 N–H and O–H groups in total. The molecular formula is C13H22O2. The van der Waals surface area contributed by atoms with E-state index in [1.807, 2.05) is 13.8 Å². The van der Waals surface area contributed by atoms with E-state index in [-0.39, 0.29) is 11.9 Å². The molecule has 1 fully saturated rings. The molecule has 1 saturated carbocycles. The molecule has 0 aliphatic heterocycles. The number of carbonyl (C=O) groups excluding carboxylic acids is 1. The Kier molecular flexibility index (Phi) is 4.37. The van der Waals surface area contributed by atoms with E-state index in [4.69, 9.17) is 4.74 Å². The number of ether oxygens (including phenoxy) is 1. The quantitative estimate of drug-likeness (QED) is 0.528. The molecule has 2 nitrogen and oxygen atoms in total. The van der Waals surface area contributed by atoms with Gasteiger partial charge in [0.15, 0.2) is 0 Å². The van der Waals surface area contributed by atoms with Gasteiger partial charge in [0, 0.05) is 0 Å². The third-order valence-corrected chi connectivity index (χ3v) is 3.33. The number of esters is 1. The average Bonchev–Trinajstić information content (AvgIpc) is 2.17. The highest BCUT2D eigenvalue weighted by molar-refractivity contribution is 5.73. The molecule has 0 aromatic carbocycles. The Morgan fingerprint density at radius 3 is 2.60 bits per heavy atom. The Balaban J connectivity index is 2.69. The van der Waals surface area contributed by atoms with Gasteiger partial charge in [-0.25, -0.2) is 0 Å². The molecule has 0 heterocycles. The molecule has 0 spiro atoms. The molecule has 1 unspecified atom stereocenters. The van der Waals surface area contributed by atoms with Crippen LogP contribution in [0.15, 0.2) is 12.2 Å². The zero-order chi connectivity index (χ0) is 11.4. The second-order valence-corrected chi connectivity index (χ2v) is 4.73. The minimum absolute atomic E-state index is 0.0305. The minimum atomic E-state index is -0.0305. The molecule has 0 amide bonds. The Morgan fingerprint density at radius 2 is 2.07 bits per heavy atom. The Labute approximate surface area is 92.7 Å². The van der Waals surface area contributed by atoms with Crippen molar-refractivity contribution in [2.24, 2.45) is 17.8 Å². The molecule has 1 rings (SSSR count). The lowest BCUT2D eigenvalue weighted by Crippen LogP contribution is -2.32. The summed E-state index contributed by atoms with van der Waals surface area (Å²) in [7, 11) is 0. The van der Waals surface area contributed by atoms with Crippen LogP contribution in [0.2, 0.25) is 0 Å². The van der Waals surface area contributed by atoms with Crippen molar-refractivity contribution >= 4 is 5.97 Å². The first-order valence-corrected chi connectivity index (χ1v) is 5.88. The highest BCUT2D eigenvalue weighted by atomic mass is 16.5. The van der Waals surface area contributed by atoms with Crippen LogP contribution in [0.25, 0.3) is 0 Å². The van der Waals surface area contributed by atoms with Gasteiger partial charge in [-0.3, -0.25) is 4.79 Å². The lowest BCUT2D eigenvalue weighted by Gasteiger charge is -2.33. The molecule has 0 aromatic rings. The fraction of sp³-hybridized carbons (Fsp3) is 0.769. The molecule has 0 aromatic heterocycles. The van der Waals surface area contributed by atoms with E-state index in [0.717, 1.165) is 18.4 Å². The fourth-order valence-corrected chi connectivity index (χ4v) is 2.48. The molecule has 0 radical (unpaired) electrons. The molecule has 3 atom stereocenters. The number of rotatable bonds is 3. The van der Waals surface area contributed by atoms with Gasteiger partial charge in [0.1, 0.15) is 0 Å². The Hall–Kier alpha value is -0.790. The Morgan fingerprint density at radius 1 is 1.40 bits per heavy atom. The van der Waals surface area contributed by atoms with E-state index in [1.165, 1.54) is 6.42 Å². The van der Waals surface area contributed by atoms with Crippen LogP contribution in [0.1, 0.15) is 40.0 Å². The van der Waals surface area contributed by atoms with Crippen LogP contribution in [-0.4, -0.2) is 12.6 Å². The van der Waals surface area contributed by atoms with E-state index in [0.29, 0.717) is 18.4 Å². The van der Waals surface area contributed by atoms with Crippen molar-refractivity contribution in [1.82, 2.24) is 0 Å². The summed E-state index contributed by atoms with van der Waals surface area (Å²) < 4.78 is 5.13. The minimum Gasteiger partial charge on any atom is -0.466 e. The van der Waals surface area contributed by atoms with Crippen molar-refractivity contribution < 1.29 is 9.53 Å². The number of hydrogen-bond acceptors (Lipinski definition) is 2. The van der Waals surface area contributed by atoms with Crippen LogP contribution in [0.4, 0.5) is 0 Å². The van der Waals surface area contributed by atoms with Crippen LogP contribution in [0.5, 0.6) is 0 Å². The van der Waals surface area contributed by atoms with Crippen LogP contribution in [-0.2, 0) is 9.53 Å². The molecule has 1 aliphatic rings. The third-order valence-electron chi connectivity index (χ3n) is 3.33. The van der Waals surface area contributed by atoms with Gasteiger partial charge in [-0.1, -0.05) is 25.5 Å². The SMILES string of the molecule is C=C(C)C1CC[C@H](C)C[C@H]1C(=O)OCC. The van der Waals surface area contributed by atoms with Crippen molar-refractivity contribution in [1.29, 1.82) is 0 Å². The molecule has 0 bridgehead atoms. The summed E-state index contributed by atoms with van der Waals surface area (Å²) in [5.41, 5.74) is 1.12. The second-order valence-electron chi connectivity index (χ2n) is 4.73. The summed E-state index contributed by atoms with van der Waals surface area (Å²) in [5, 5.41) is 0. The van der Waals surface area contributed by atoms with E-state index < -0.39 is 0 Å². The normalized spacial score (nSPS) is 31.0. The van der Waals surface area contributed by atoms with Crippen LogP contribution in [0.3, 0.4) is 0 Å². The zero-order valence-electron chi connectivity index (χ0n) is 10.1. The van der Waals surface area contributed by atoms with Gasteiger partial charge in [0.2, 0.25) is 0 Å². The molecule has 15 heavy (non-hydrogen) atoms. The van der Waals surface area contributed by atoms with Crippen molar-refractivity contribution in [2.45, 2.75) is 40.0 Å². The van der Waals surface area contributed by atoms with Crippen molar-refractivity contribution in [3.05, 3.63) is 12.2 Å². The van der Waals surface area contributed by atoms with Gasteiger partial charge >= 0.3 is 5.97 Å². The van der Waals surface area contributed by atoms with Gasteiger partial charge in [0.05, 0.1) is 12.5 Å². The lowest BCUT2D eigenvalue weighted by molar-refractivity contribution is -0.151. The Bertz CT molecular complexity index is 245. The predicted octanol–water partition coefficient (Wildman–Crippen LogP) is 3.18. The van der Waals surface area contributed by atoms with Gasteiger partial charge in [0.25, 0.3) is 0 Å². The average molecular weight is 210 g/mol. The third kappa shape index (κ3) is 3.08. The second kappa shape index (κ2) is 5.34. The van der Waals surface area contributed by atoms with E-state index in [1.54, 1.807) is 0 Å². The molecule has 1 aliphatic carbocycles. The number of carbonyl (C=O) groups is 1. The van der Waals surface area contributed by atoms with Crippen molar-refractivity contribution in [3.8, 4) is 0 Å². The first-order valence-electron chi connectivity index (χ1n) is 5.88. The summed E-state index contributed by atoms with van der Waals surface area (Å²) in [6, 6.07) is 0. The summed E-state index contributed by atoms with van der Waals surface area (Å²) in [6.07, 6.45) is 3.24. The zero-order valence-corrected chi connectivity index (χ0v) is 10.1. The van der Waals surface area contributed by atoms with E-state index in [2.05, 4.69) is 13.5 Å². The standard InChI is InChI=1S/C13H22O2/c1-5-15-13(14)12-8-10(4)6-7-11(12)9(2)3/h10-12H,2,5-8H2,1,3-4H3/t10-,11?,12+/m0/s1. The fourth-order valence-electron chi connectivity index (χ4n) is 2.48. The highest BCUT2D eigenvalue weighted by Crippen LogP contribution is 2.37. The summed E-state index contributed by atoms with van der Waals surface area (Å²) in [5.74, 6) is 0.985. The largest absolute Gasteiger partial charge is 0.466 e. The smallest absolute Gasteiger partial charge is 0.309 e. The molecule has 2 heteroatoms. The maximum atomic E-state index is 11.8. The lowest BCUT2D eigenvalue weighted by atomic mass is 9.72. The summed E-state index contributed by atoms with van der Waals surface area (Å²) >= 11 is 0. The van der Waals surface area contributed by atoms with Gasteiger partial charge in [-0.2, -0.15) is 0 Å². The van der Waals surface area contributed by atoms with Crippen LogP contribution >= 0.6 is 0 Å². The maximum Gasteiger partial charge on any atom is 0.309 e. The van der Waals surface area contributed by atoms with E-state index in [9.17, 15) is 4.79 Å². The summed E-state index contributed by atoms with van der Waals surface area (Å²) in [6.45, 7) is 10.6. The van der Waals surface area contributed by atoms with Gasteiger partial charge in [-0.15, -0.1) is 0 Å². The van der Waals surface area contributed by atoms with Gasteiger partial charge < -0.3 is 4.74 Å². The number of hydrogen-bond donors (Lipinski definition) is 0. The van der Waals surface area contributed by atoms with Crippen molar-refractivity contribution in [3.63, 3.8) is 0 Å². The van der Waals surface area contributed by atoms with Crippen LogP contribution in [0, 0.1) is 17.8 Å². The molecule has 86 valence electrons. The topological polar surface area (TPSA) is 26.3 Å². The monoisotopic (exact) mass is 210 g/mol. The number of allylic oxidation sites excluding steroid dienone is 1.